The molecule has 1 N–H and O–H groups in total. The van der Waals surface area contributed by atoms with Gasteiger partial charge in [-0.1, -0.05) is 41.6 Å². The highest BCUT2D eigenvalue weighted by Gasteiger charge is 2.40. The van der Waals surface area contributed by atoms with Crippen LogP contribution in [0.15, 0.2) is 29.2 Å². The van der Waals surface area contributed by atoms with Crippen molar-refractivity contribution in [1.82, 2.24) is 14.7 Å². The van der Waals surface area contributed by atoms with Crippen molar-refractivity contribution in [3.05, 3.63) is 45.5 Å². The number of ether oxygens (including phenoxy) is 1. The lowest BCUT2D eigenvalue weighted by molar-refractivity contribution is -0.141. The van der Waals surface area contributed by atoms with E-state index >= 15 is 0 Å². The molecule has 32 heavy (non-hydrogen) atoms. The fourth-order valence-electron chi connectivity index (χ4n) is 2.84. The minimum absolute atomic E-state index is 0.0410. The number of amides is 1. The van der Waals surface area contributed by atoms with Crippen LogP contribution in [0, 0.1) is 0 Å². The number of carbonyl (C=O) groups is 2. The number of carboxylic acid groups (broad SMARTS) is 1. The summed E-state index contributed by atoms with van der Waals surface area (Å²) in [6.07, 6.45) is -3.80. The zero-order valence-corrected chi connectivity index (χ0v) is 18.7. The van der Waals surface area contributed by atoms with E-state index in [-0.39, 0.29) is 40.2 Å². The van der Waals surface area contributed by atoms with Gasteiger partial charge in [-0.15, -0.1) is 0 Å². The molecule has 1 amide bonds. The molecule has 0 saturated carbocycles. The van der Waals surface area contributed by atoms with Gasteiger partial charge in [0.25, 0.3) is 5.91 Å². The number of thiocarbonyl (C=S) groups is 1. The number of aliphatic carboxylic acids is 1. The van der Waals surface area contributed by atoms with Crippen LogP contribution in [0.2, 0.25) is 5.02 Å². The van der Waals surface area contributed by atoms with Gasteiger partial charge in [0.2, 0.25) is 5.88 Å². The second-order valence-corrected chi connectivity index (χ2v) is 8.69. The number of carboxylic acids is 1. The van der Waals surface area contributed by atoms with Crippen molar-refractivity contribution in [1.29, 1.82) is 0 Å². The van der Waals surface area contributed by atoms with Gasteiger partial charge >= 0.3 is 12.1 Å². The molecule has 13 heteroatoms. The van der Waals surface area contributed by atoms with Crippen molar-refractivity contribution in [3.8, 4) is 11.6 Å². The molecule has 0 unspecified atom stereocenters. The smallest absolute Gasteiger partial charge is 0.435 e. The predicted octanol–water partition coefficient (Wildman–Crippen LogP) is 4.95. The molecule has 1 aliphatic rings. The summed E-state index contributed by atoms with van der Waals surface area (Å²) in [6, 6.07) is 6.08. The molecule has 0 radical (unpaired) electrons. The Balaban J connectivity index is 1.98. The molecule has 3 rings (SSSR count). The third kappa shape index (κ3) is 5.43. The molecule has 0 spiro atoms. The van der Waals surface area contributed by atoms with Crippen molar-refractivity contribution in [2.24, 2.45) is 7.05 Å². The van der Waals surface area contributed by atoms with Gasteiger partial charge in [-0.25, -0.2) is 4.68 Å². The number of carbonyl (C=O) groups excluding carboxylic acids is 1. The number of hydrogen-bond donors (Lipinski definition) is 1. The van der Waals surface area contributed by atoms with Crippen LogP contribution in [0.3, 0.4) is 0 Å². The van der Waals surface area contributed by atoms with E-state index in [2.05, 4.69) is 5.10 Å². The molecule has 0 atom stereocenters. The minimum Gasteiger partial charge on any atom is -0.481 e. The molecule has 1 aliphatic heterocycles. The lowest BCUT2D eigenvalue weighted by Crippen LogP contribution is -2.29. The molecule has 1 aromatic carbocycles. The Kier molecular flexibility index (Phi) is 7.16. The Hall–Kier alpha value is -2.57. The topological polar surface area (TPSA) is 84.7 Å². The lowest BCUT2D eigenvalue weighted by atomic mass is 10.2. The lowest BCUT2D eigenvalue weighted by Gasteiger charge is -2.13. The van der Waals surface area contributed by atoms with Crippen molar-refractivity contribution < 1.29 is 32.6 Å². The number of aromatic nitrogens is 2. The Bertz CT molecular complexity index is 1120. The monoisotopic (exact) mass is 505 g/mol. The number of nitrogens with zero attached hydrogens (tertiary/aromatic N) is 3. The van der Waals surface area contributed by atoms with Gasteiger partial charge in [0.15, 0.2) is 5.69 Å². The normalized spacial score (nSPS) is 15.7. The summed E-state index contributed by atoms with van der Waals surface area (Å²) in [4.78, 5) is 24.5. The average molecular weight is 506 g/mol. The van der Waals surface area contributed by atoms with E-state index in [0.717, 1.165) is 27.4 Å². The Morgan fingerprint density at radius 3 is 2.75 bits per heavy atom. The number of benzene rings is 1. The van der Waals surface area contributed by atoms with E-state index < -0.39 is 29.3 Å². The Labute approximate surface area is 194 Å². The second kappa shape index (κ2) is 9.51. The van der Waals surface area contributed by atoms with Crippen LogP contribution in [0.5, 0.6) is 11.6 Å². The van der Waals surface area contributed by atoms with Crippen molar-refractivity contribution in [2.75, 3.05) is 6.54 Å². The first-order chi connectivity index (χ1) is 15.0. The quantitative estimate of drug-likeness (QED) is 0.421. The van der Waals surface area contributed by atoms with Gasteiger partial charge in [0, 0.05) is 25.0 Å². The molecule has 1 fully saturated rings. The first kappa shape index (κ1) is 24.1. The molecule has 2 heterocycles. The number of halogens is 4. The van der Waals surface area contributed by atoms with Crippen molar-refractivity contribution in [3.63, 3.8) is 0 Å². The maximum Gasteiger partial charge on any atom is 0.435 e. The number of rotatable bonds is 7. The molecule has 0 aliphatic carbocycles. The summed E-state index contributed by atoms with van der Waals surface area (Å²) in [5.74, 6) is -1.70. The summed E-state index contributed by atoms with van der Waals surface area (Å²) in [6.45, 7) is 0.0410. The van der Waals surface area contributed by atoms with Crippen molar-refractivity contribution in [2.45, 2.75) is 19.0 Å². The van der Waals surface area contributed by atoms with Crippen LogP contribution in [0.1, 0.15) is 24.1 Å². The van der Waals surface area contributed by atoms with E-state index in [1.165, 1.54) is 19.2 Å². The van der Waals surface area contributed by atoms with E-state index in [0.29, 0.717) is 5.02 Å². The fourth-order valence-corrected chi connectivity index (χ4v) is 4.31. The van der Waals surface area contributed by atoms with E-state index in [1.807, 2.05) is 0 Å². The molecule has 170 valence electrons. The van der Waals surface area contributed by atoms with E-state index in [1.54, 1.807) is 12.1 Å². The standard InChI is InChI=1S/C19H15ClF3N3O4S2/c1-25-17(30-11-5-2-4-10(20)8-11)12(15(24-25)19(21,22)23)9-13-16(29)26(18(31)32-13)7-3-6-14(27)28/h2,4-5,8-9H,3,6-7H2,1H3,(H,27,28). The average Bonchev–Trinajstić information content (AvgIpc) is 3.13. The predicted molar refractivity (Wildman–Crippen MR) is 116 cm³/mol. The SMILES string of the molecule is Cn1nc(C(F)(F)F)c(C=C2SC(=S)N(CCCC(=O)O)C2=O)c1Oc1cccc(Cl)c1. The van der Waals surface area contributed by atoms with E-state index in [4.69, 9.17) is 33.7 Å². The highest BCUT2D eigenvalue weighted by atomic mass is 35.5. The van der Waals surface area contributed by atoms with Crippen LogP contribution in [0.25, 0.3) is 6.08 Å². The van der Waals surface area contributed by atoms with E-state index in [9.17, 15) is 22.8 Å². The van der Waals surface area contributed by atoms with Crippen LogP contribution in [-0.2, 0) is 22.8 Å². The van der Waals surface area contributed by atoms with Crippen LogP contribution < -0.4 is 4.74 Å². The van der Waals surface area contributed by atoms with Gasteiger partial charge in [0.1, 0.15) is 10.1 Å². The van der Waals surface area contributed by atoms with Gasteiger partial charge < -0.3 is 9.84 Å². The molecule has 7 nitrogen and oxygen atoms in total. The second-order valence-electron chi connectivity index (χ2n) is 6.58. The molecule has 1 aromatic heterocycles. The first-order valence-corrected chi connectivity index (χ1v) is 10.6. The zero-order valence-electron chi connectivity index (χ0n) is 16.4. The molecule has 2 aromatic rings. The molecule has 0 bridgehead atoms. The maximum absolute atomic E-state index is 13.6. The summed E-state index contributed by atoms with van der Waals surface area (Å²) < 4.78 is 47.6. The van der Waals surface area contributed by atoms with Gasteiger partial charge in [-0.05, 0) is 30.7 Å². The number of aryl methyl sites for hydroxylation is 1. The molecule has 1 saturated heterocycles. The summed E-state index contributed by atoms with van der Waals surface area (Å²) in [5, 5.41) is 12.6. The van der Waals surface area contributed by atoms with Crippen LogP contribution >= 0.6 is 35.6 Å². The molecular weight excluding hydrogens is 491 g/mol. The number of alkyl halides is 3. The summed E-state index contributed by atoms with van der Waals surface area (Å²) in [7, 11) is 1.28. The third-order valence-corrected chi connectivity index (χ3v) is 5.84. The largest absolute Gasteiger partial charge is 0.481 e. The fraction of sp³-hybridized carbons (Fsp3) is 0.263. The van der Waals surface area contributed by atoms with Crippen molar-refractivity contribution >= 4 is 57.9 Å². The Morgan fingerprint density at radius 1 is 1.41 bits per heavy atom. The maximum atomic E-state index is 13.6. The minimum atomic E-state index is -4.81. The summed E-state index contributed by atoms with van der Waals surface area (Å²) in [5.41, 5.74) is -1.67. The van der Waals surface area contributed by atoms with Gasteiger partial charge in [-0.3, -0.25) is 14.5 Å². The van der Waals surface area contributed by atoms with Crippen LogP contribution in [0.4, 0.5) is 13.2 Å². The highest BCUT2D eigenvalue weighted by molar-refractivity contribution is 8.26. The molecular formula is C19H15ClF3N3O4S2. The third-order valence-electron chi connectivity index (χ3n) is 4.23. The van der Waals surface area contributed by atoms with Gasteiger partial charge in [0.05, 0.1) is 10.5 Å². The number of hydrogen-bond acceptors (Lipinski definition) is 6. The zero-order chi connectivity index (χ0) is 23.6. The Morgan fingerprint density at radius 2 is 2.12 bits per heavy atom. The van der Waals surface area contributed by atoms with Crippen LogP contribution in [-0.4, -0.2) is 42.5 Å². The first-order valence-electron chi connectivity index (χ1n) is 9.02. The number of thioether (sulfide) groups is 1. The van der Waals surface area contributed by atoms with Gasteiger partial charge in [-0.2, -0.15) is 18.3 Å². The highest BCUT2D eigenvalue weighted by Crippen LogP contribution is 2.41. The summed E-state index contributed by atoms with van der Waals surface area (Å²) >= 11 is 11.9.